The number of carbonyl (C=O) groups excluding carboxylic acids is 1. The summed E-state index contributed by atoms with van der Waals surface area (Å²) >= 11 is 0. The van der Waals surface area contributed by atoms with Crippen LogP contribution < -0.4 is 10.2 Å². The SMILES string of the molecule is Cc1nn(-c2cc(N3CCCCC3)ncn2)c(C)c1CCC(=O)NCc1ccc(F)cc1. The van der Waals surface area contributed by atoms with E-state index in [1.54, 1.807) is 18.5 Å². The molecule has 0 radical (unpaired) electrons. The zero-order valence-electron chi connectivity index (χ0n) is 18.6. The molecule has 168 valence electrons. The number of anilines is 1. The van der Waals surface area contributed by atoms with Crippen LogP contribution in [0.1, 0.15) is 48.2 Å². The van der Waals surface area contributed by atoms with Crippen LogP contribution in [0.2, 0.25) is 0 Å². The first-order chi connectivity index (χ1) is 15.5. The standard InChI is InChI=1S/C24H29FN6O/c1-17-21(10-11-24(32)26-15-19-6-8-20(25)9-7-19)18(2)31(29-17)23-14-22(27-16-28-23)30-12-4-3-5-13-30/h6-9,14,16H,3-5,10-13,15H2,1-2H3,(H,26,32). The fourth-order valence-corrected chi connectivity index (χ4v) is 4.14. The van der Waals surface area contributed by atoms with Crippen LogP contribution >= 0.6 is 0 Å². The van der Waals surface area contributed by atoms with E-state index in [4.69, 9.17) is 0 Å². The molecule has 3 heterocycles. The number of halogens is 1. The van der Waals surface area contributed by atoms with Crippen LogP contribution in [-0.4, -0.2) is 38.7 Å². The van der Waals surface area contributed by atoms with Gasteiger partial charge in [-0.1, -0.05) is 12.1 Å². The zero-order valence-corrected chi connectivity index (χ0v) is 18.6. The van der Waals surface area contributed by atoms with E-state index in [1.165, 1.54) is 31.4 Å². The number of amides is 1. The first-order valence-electron chi connectivity index (χ1n) is 11.1. The Morgan fingerprint density at radius 2 is 1.78 bits per heavy atom. The molecule has 0 bridgehead atoms. The molecule has 1 aliphatic heterocycles. The lowest BCUT2D eigenvalue weighted by molar-refractivity contribution is -0.121. The molecule has 7 nitrogen and oxygen atoms in total. The number of aromatic nitrogens is 4. The van der Waals surface area contributed by atoms with Crippen molar-refractivity contribution in [3.8, 4) is 5.82 Å². The van der Waals surface area contributed by atoms with Crippen LogP contribution in [0.3, 0.4) is 0 Å². The molecule has 1 saturated heterocycles. The molecule has 32 heavy (non-hydrogen) atoms. The molecule has 1 amide bonds. The molecule has 3 aromatic rings. The molecule has 4 rings (SSSR count). The predicted molar refractivity (Wildman–Crippen MR) is 121 cm³/mol. The fourth-order valence-electron chi connectivity index (χ4n) is 4.14. The molecule has 1 aliphatic rings. The van der Waals surface area contributed by atoms with Gasteiger partial charge in [-0.3, -0.25) is 4.79 Å². The van der Waals surface area contributed by atoms with Crippen LogP contribution in [0.5, 0.6) is 0 Å². The van der Waals surface area contributed by atoms with Crippen molar-refractivity contribution in [3.05, 3.63) is 65.0 Å². The molecule has 0 aliphatic carbocycles. The van der Waals surface area contributed by atoms with Crippen molar-refractivity contribution in [3.63, 3.8) is 0 Å². The summed E-state index contributed by atoms with van der Waals surface area (Å²) in [5, 5.41) is 7.58. The van der Waals surface area contributed by atoms with Crippen molar-refractivity contribution in [2.75, 3.05) is 18.0 Å². The topological polar surface area (TPSA) is 75.9 Å². The maximum atomic E-state index is 13.0. The Labute approximate surface area is 187 Å². The molecule has 2 aromatic heterocycles. The predicted octanol–water partition coefficient (Wildman–Crippen LogP) is 3.66. The molecule has 0 atom stereocenters. The summed E-state index contributed by atoms with van der Waals surface area (Å²) in [6, 6.07) is 8.13. The Morgan fingerprint density at radius 3 is 2.53 bits per heavy atom. The monoisotopic (exact) mass is 436 g/mol. The maximum absolute atomic E-state index is 13.0. The highest BCUT2D eigenvalue weighted by atomic mass is 19.1. The van der Waals surface area contributed by atoms with Gasteiger partial charge in [-0.05, 0) is 62.8 Å². The van der Waals surface area contributed by atoms with Gasteiger partial charge in [0.15, 0.2) is 5.82 Å². The Hall–Kier alpha value is -3.29. The van der Waals surface area contributed by atoms with E-state index in [9.17, 15) is 9.18 Å². The molecular formula is C24H29FN6O. The van der Waals surface area contributed by atoms with Crippen LogP contribution in [0.25, 0.3) is 5.82 Å². The van der Waals surface area contributed by atoms with E-state index in [0.29, 0.717) is 19.4 Å². The van der Waals surface area contributed by atoms with Gasteiger partial charge in [-0.25, -0.2) is 19.0 Å². The third-order valence-corrected chi connectivity index (χ3v) is 5.98. The van der Waals surface area contributed by atoms with Crippen molar-refractivity contribution < 1.29 is 9.18 Å². The average Bonchev–Trinajstić information content (AvgIpc) is 3.11. The van der Waals surface area contributed by atoms with E-state index in [0.717, 1.165) is 47.2 Å². The van der Waals surface area contributed by atoms with Crippen molar-refractivity contribution in [2.24, 2.45) is 0 Å². The molecule has 8 heteroatoms. The first kappa shape index (κ1) is 21.9. The highest BCUT2D eigenvalue weighted by molar-refractivity contribution is 5.76. The lowest BCUT2D eigenvalue weighted by atomic mass is 10.1. The summed E-state index contributed by atoms with van der Waals surface area (Å²) in [6.45, 7) is 6.39. The maximum Gasteiger partial charge on any atom is 0.220 e. The molecule has 1 aromatic carbocycles. The lowest BCUT2D eigenvalue weighted by Gasteiger charge is -2.27. The normalized spacial score (nSPS) is 13.9. The summed E-state index contributed by atoms with van der Waals surface area (Å²) in [5.74, 6) is 1.35. The highest BCUT2D eigenvalue weighted by Gasteiger charge is 2.17. The molecular weight excluding hydrogens is 407 g/mol. The third-order valence-electron chi connectivity index (χ3n) is 5.98. The van der Waals surface area contributed by atoms with Gasteiger partial charge in [0.25, 0.3) is 0 Å². The summed E-state index contributed by atoms with van der Waals surface area (Å²) in [4.78, 5) is 23.5. The van der Waals surface area contributed by atoms with Gasteiger partial charge >= 0.3 is 0 Å². The second-order valence-electron chi connectivity index (χ2n) is 8.25. The van der Waals surface area contributed by atoms with Crippen molar-refractivity contribution in [1.82, 2.24) is 25.1 Å². The van der Waals surface area contributed by atoms with E-state index < -0.39 is 0 Å². The van der Waals surface area contributed by atoms with Gasteiger partial charge in [0.2, 0.25) is 5.91 Å². The van der Waals surface area contributed by atoms with Gasteiger partial charge in [0.05, 0.1) is 5.69 Å². The zero-order chi connectivity index (χ0) is 22.5. The number of hydrogen-bond acceptors (Lipinski definition) is 5. The fraction of sp³-hybridized carbons (Fsp3) is 0.417. The van der Waals surface area contributed by atoms with Crippen LogP contribution in [0.15, 0.2) is 36.7 Å². The highest BCUT2D eigenvalue weighted by Crippen LogP contribution is 2.22. The van der Waals surface area contributed by atoms with Gasteiger partial charge in [-0.15, -0.1) is 0 Å². The second kappa shape index (κ2) is 9.89. The number of nitrogens with zero attached hydrogens (tertiary/aromatic N) is 5. The van der Waals surface area contributed by atoms with E-state index >= 15 is 0 Å². The van der Waals surface area contributed by atoms with Crippen molar-refractivity contribution >= 4 is 11.7 Å². The lowest BCUT2D eigenvalue weighted by Crippen LogP contribution is -2.30. The number of piperidine rings is 1. The Balaban J connectivity index is 1.40. The van der Waals surface area contributed by atoms with E-state index in [-0.39, 0.29) is 11.7 Å². The largest absolute Gasteiger partial charge is 0.356 e. The quantitative estimate of drug-likeness (QED) is 0.612. The number of rotatable bonds is 7. The van der Waals surface area contributed by atoms with Crippen molar-refractivity contribution in [1.29, 1.82) is 0 Å². The number of aryl methyl sites for hydroxylation is 1. The smallest absolute Gasteiger partial charge is 0.220 e. The van der Waals surface area contributed by atoms with Crippen LogP contribution in [-0.2, 0) is 17.8 Å². The second-order valence-corrected chi connectivity index (χ2v) is 8.25. The molecule has 1 N–H and O–H groups in total. The molecule has 0 saturated carbocycles. The minimum Gasteiger partial charge on any atom is -0.356 e. The average molecular weight is 437 g/mol. The van der Waals surface area contributed by atoms with Gasteiger partial charge in [0.1, 0.15) is 18.0 Å². The molecule has 0 spiro atoms. The molecule has 0 unspecified atom stereocenters. The summed E-state index contributed by atoms with van der Waals surface area (Å²) in [5.41, 5.74) is 3.80. The number of benzene rings is 1. The Kier molecular flexibility index (Phi) is 6.78. The van der Waals surface area contributed by atoms with Gasteiger partial charge in [0, 0.05) is 37.8 Å². The van der Waals surface area contributed by atoms with Gasteiger partial charge in [-0.2, -0.15) is 5.10 Å². The number of carbonyl (C=O) groups is 1. The minimum absolute atomic E-state index is 0.0460. The molecule has 1 fully saturated rings. The van der Waals surface area contributed by atoms with E-state index in [1.807, 2.05) is 24.6 Å². The Morgan fingerprint density at radius 1 is 1.06 bits per heavy atom. The van der Waals surface area contributed by atoms with Crippen LogP contribution in [0, 0.1) is 19.7 Å². The van der Waals surface area contributed by atoms with Crippen molar-refractivity contribution in [2.45, 2.75) is 52.5 Å². The summed E-state index contributed by atoms with van der Waals surface area (Å²) in [6.07, 6.45) is 6.19. The van der Waals surface area contributed by atoms with Crippen LogP contribution in [0.4, 0.5) is 10.2 Å². The third kappa shape index (κ3) is 5.12. The summed E-state index contributed by atoms with van der Waals surface area (Å²) in [7, 11) is 0. The Bertz CT molecular complexity index is 1070. The summed E-state index contributed by atoms with van der Waals surface area (Å²) < 4.78 is 14.8. The minimum atomic E-state index is -0.283. The van der Waals surface area contributed by atoms with Gasteiger partial charge < -0.3 is 10.2 Å². The number of nitrogens with one attached hydrogen (secondary N) is 1. The number of hydrogen-bond donors (Lipinski definition) is 1. The first-order valence-corrected chi connectivity index (χ1v) is 11.1. The van der Waals surface area contributed by atoms with E-state index in [2.05, 4.69) is 25.3 Å².